The Morgan fingerprint density at radius 2 is 2.09 bits per heavy atom. The van der Waals surface area contributed by atoms with Crippen LogP contribution in [0.5, 0.6) is 0 Å². The van der Waals surface area contributed by atoms with E-state index < -0.39 is 0 Å². The molecule has 0 saturated heterocycles. The van der Waals surface area contributed by atoms with Crippen LogP contribution in [0.15, 0.2) is 11.6 Å². The maximum absolute atomic E-state index is 7.10. The predicted octanol–water partition coefficient (Wildman–Crippen LogP) is 3.41. The van der Waals surface area contributed by atoms with Crippen LogP contribution in [-0.2, 0) is 0 Å². The van der Waals surface area contributed by atoms with Gasteiger partial charge in [0.25, 0.3) is 0 Å². The summed E-state index contributed by atoms with van der Waals surface area (Å²) in [5.74, 6) is 0.491. The fourth-order valence-corrected chi connectivity index (χ4v) is 0.991. The van der Waals surface area contributed by atoms with E-state index in [-0.39, 0.29) is 0 Å². The van der Waals surface area contributed by atoms with E-state index in [0.29, 0.717) is 5.92 Å². The summed E-state index contributed by atoms with van der Waals surface area (Å²) in [6.45, 7) is 6.37. The molecule has 0 radical (unpaired) electrons. The molecule has 1 heteroatoms. The third kappa shape index (κ3) is 5.84. The Labute approximate surface area is 70.0 Å². The number of rotatable bonds is 5. The highest BCUT2D eigenvalue weighted by Crippen LogP contribution is 2.09. The van der Waals surface area contributed by atoms with Crippen molar-refractivity contribution in [2.24, 2.45) is 5.92 Å². The normalized spacial score (nSPS) is 12.3. The molecule has 0 heterocycles. The molecule has 0 aliphatic rings. The molecule has 1 N–H and O–H groups in total. The lowest BCUT2D eigenvalue weighted by Gasteiger charge is -2.05. The zero-order valence-electron chi connectivity index (χ0n) is 7.85. The minimum absolute atomic E-state index is 0.491. The first-order valence-electron chi connectivity index (χ1n) is 4.34. The van der Waals surface area contributed by atoms with E-state index in [4.69, 9.17) is 5.41 Å². The van der Waals surface area contributed by atoms with E-state index in [1.54, 1.807) is 6.21 Å². The van der Waals surface area contributed by atoms with E-state index in [0.717, 1.165) is 19.3 Å². The lowest BCUT2D eigenvalue weighted by molar-refractivity contribution is 0.620. The van der Waals surface area contributed by atoms with Crippen molar-refractivity contribution in [3.63, 3.8) is 0 Å². The molecular weight excluding hydrogens is 134 g/mol. The van der Waals surface area contributed by atoms with Crippen molar-refractivity contribution in [2.75, 3.05) is 0 Å². The number of allylic oxidation sites excluding steroid dienone is 2. The van der Waals surface area contributed by atoms with Gasteiger partial charge >= 0.3 is 0 Å². The molecule has 0 bridgehead atoms. The van der Waals surface area contributed by atoms with Gasteiger partial charge in [-0.15, -0.1) is 0 Å². The molecule has 64 valence electrons. The zero-order chi connectivity index (χ0) is 8.69. The van der Waals surface area contributed by atoms with Crippen LogP contribution in [0, 0.1) is 11.3 Å². The first kappa shape index (κ1) is 10.4. The predicted molar refractivity (Wildman–Crippen MR) is 51.2 cm³/mol. The Bertz CT molecular complexity index is 132. The topological polar surface area (TPSA) is 23.9 Å². The second-order valence-corrected chi connectivity index (χ2v) is 3.19. The Kier molecular flexibility index (Phi) is 5.81. The summed E-state index contributed by atoms with van der Waals surface area (Å²) in [7, 11) is 0. The Morgan fingerprint density at radius 1 is 1.45 bits per heavy atom. The Morgan fingerprint density at radius 3 is 2.45 bits per heavy atom. The number of hydrogen-bond donors (Lipinski definition) is 1. The number of nitrogens with one attached hydrogen (secondary N) is 1. The van der Waals surface area contributed by atoms with Crippen molar-refractivity contribution in [1.29, 1.82) is 5.41 Å². The average Bonchev–Trinajstić information content (AvgIpc) is 1.98. The molecule has 0 rings (SSSR count). The fourth-order valence-electron chi connectivity index (χ4n) is 0.991. The molecule has 0 saturated carbocycles. The van der Waals surface area contributed by atoms with Crippen molar-refractivity contribution >= 4 is 6.21 Å². The van der Waals surface area contributed by atoms with Crippen molar-refractivity contribution in [3.8, 4) is 0 Å². The van der Waals surface area contributed by atoms with Crippen LogP contribution < -0.4 is 0 Å². The highest BCUT2D eigenvalue weighted by molar-refractivity contribution is 5.56. The van der Waals surface area contributed by atoms with Gasteiger partial charge in [-0.25, -0.2) is 0 Å². The average molecular weight is 153 g/mol. The van der Waals surface area contributed by atoms with Crippen molar-refractivity contribution in [1.82, 2.24) is 0 Å². The number of hydrogen-bond acceptors (Lipinski definition) is 1. The first-order valence-corrected chi connectivity index (χ1v) is 4.34. The molecule has 1 atom stereocenters. The van der Waals surface area contributed by atoms with Gasteiger partial charge in [0.2, 0.25) is 0 Å². The van der Waals surface area contributed by atoms with Gasteiger partial charge in [0.05, 0.1) is 0 Å². The summed E-state index contributed by atoms with van der Waals surface area (Å²) in [5, 5.41) is 7.10. The zero-order valence-corrected chi connectivity index (χ0v) is 7.85. The molecule has 11 heavy (non-hydrogen) atoms. The van der Waals surface area contributed by atoms with Crippen LogP contribution in [0.4, 0.5) is 0 Å². The summed E-state index contributed by atoms with van der Waals surface area (Å²) >= 11 is 0. The summed E-state index contributed by atoms with van der Waals surface area (Å²) in [4.78, 5) is 0. The Hall–Kier alpha value is -0.590. The van der Waals surface area contributed by atoms with Crippen molar-refractivity contribution in [2.45, 2.75) is 40.0 Å². The Balaban J connectivity index is 3.51. The molecule has 0 spiro atoms. The summed E-state index contributed by atoms with van der Waals surface area (Å²) < 4.78 is 0. The fraction of sp³-hybridized carbons (Fsp3) is 0.700. The quantitative estimate of drug-likeness (QED) is 0.462. The third-order valence-electron chi connectivity index (χ3n) is 1.85. The standard InChI is InChI=1S/C10H19N/c1-4-10(8-11)7-5-6-9(2)3/h6,8,10-11H,4-5,7H2,1-3H3. The van der Waals surface area contributed by atoms with E-state index in [1.165, 1.54) is 5.57 Å². The smallest absolute Gasteiger partial charge is 0.00167 e. The minimum atomic E-state index is 0.491. The van der Waals surface area contributed by atoms with Crippen LogP contribution in [0.25, 0.3) is 0 Å². The van der Waals surface area contributed by atoms with Crippen LogP contribution >= 0.6 is 0 Å². The highest BCUT2D eigenvalue weighted by atomic mass is 14.3. The van der Waals surface area contributed by atoms with Gasteiger partial charge in [-0.3, -0.25) is 0 Å². The minimum Gasteiger partial charge on any atom is -0.313 e. The maximum Gasteiger partial charge on any atom is -0.00167 e. The summed E-state index contributed by atoms with van der Waals surface area (Å²) in [6, 6.07) is 0. The second-order valence-electron chi connectivity index (χ2n) is 3.19. The molecule has 0 amide bonds. The molecule has 1 nitrogen and oxygen atoms in total. The first-order chi connectivity index (χ1) is 5.20. The lowest BCUT2D eigenvalue weighted by Crippen LogP contribution is -1.97. The van der Waals surface area contributed by atoms with Crippen LogP contribution in [-0.4, -0.2) is 6.21 Å². The summed E-state index contributed by atoms with van der Waals surface area (Å²) in [5.41, 5.74) is 1.38. The van der Waals surface area contributed by atoms with E-state index >= 15 is 0 Å². The molecule has 0 aromatic carbocycles. The van der Waals surface area contributed by atoms with E-state index in [1.807, 2.05) is 0 Å². The van der Waals surface area contributed by atoms with Gasteiger partial charge < -0.3 is 5.41 Å². The van der Waals surface area contributed by atoms with Crippen LogP contribution in [0.2, 0.25) is 0 Å². The monoisotopic (exact) mass is 153 g/mol. The lowest BCUT2D eigenvalue weighted by atomic mass is 10.0. The molecule has 0 aromatic heterocycles. The molecule has 0 fully saturated rings. The van der Waals surface area contributed by atoms with Gasteiger partial charge in [-0.2, -0.15) is 0 Å². The van der Waals surface area contributed by atoms with Gasteiger partial charge in [0, 0.05) is 0 Å². The van der Waals surface area contributed by atoms with Gasteiger partial charge in [-0.1, -0.05) is 18.6 Å². The third-order valence-corrected chi connectivity index (χ3v) is 1.85. The molecule has 0 aromatic rings. The van der Waals surface area contributed by atoms with Crippen molar-refractivity contribution < 1.29 is 0 Å². The van der Waals surface area contributed by atoms with E-state index in [2.05, 4.69) is 26.8 Å². The maximum atomic E-state index is 7.10. The molecule has 1 unspecified atom stereocenters. The van der Waals surface area contributed by atoms with Crippen molar-refractivity contribution in [3.05, 3.63) is 11.6 Å². The van der Waals surface area contributed by atoms with Crippen LogP contribution in [0.3, 0.4) is 0 Å². The summed E-state index contributed by atoms with van der Waals surface area (Å²) in [6.07, 6.45) is 7.16. The molecular formula is C10H19N. The van der Waals surface area contributed by atoms with E-state index in [9.17, 15) is 0 Å². The van der Waals surface area contributed by atoms with Gasteiger partial charge in [-0.05, 0) is 45.2 Å². The van der Waals surface area contributed by atoms with Crippen LogP contribution in [0.1, 0.15) is 40.0 Å². The largest absolute Gasteiger partial charge is 0.313 e. The van der Waals surface area contributed by atoms with Gasteiger partial charge in [0.15, 0.2) is 0 Å². The molecule has 0 aliphatic carbocycles. The van der Waals surface area contributed by atoms with Gasteiger partial charge in [0.1, 0.15) is 0 Å². The second kappa shape index (κ2) is 6.14. The SMILES string of the molecule is CCC(C=N)CCC=C(C)C. The molecule has 0 aliphatic heterocycles. The highest BCUT2D eigenvalue weighted by Gasteiger charge is 1.98.